The van der Waals surface area contributed by atoms with Crippen molar-refractivity contribution in [2.75, 3.05) is 60.2 Å². The lowest BCUT2D eigenvalue weighted by molar-refractivity contribution is -0.312. The molecular weight excluding hydrogens is 845 g/mol. The van der Waals surface area contributed by atoms with E-state index in [1.165, 1.54) is 70.6 Å². The van der Waals surface area contributed by atoms with E-state index in [1.807, 2.05) is 20.8 Å². The second-order valence-corrected chi connectivity index (χ2v) is 16.9. The summed E-state index contributed by atoms with van der Waals surface area (Å²) >= 11 is 0. The average molecular weight is 957 g/mol. The molecule has 0 saturated heterocycles. The summed E-state index contributed by atoms with van der Waals surface area (Å²) in [5.74, 6) is 2.31. The van der Waals surface area contributed by atoms with Gasteiger partial charge in [-0.05, 0) is 69.1 Å². The van der Waals surface area contributed by atoms with Gasteiger partial charge in [-0.25, -0.2) is 9.78 Å². The number of rotatable bonds is 39. The molecule has 0 spiro atoms. The van der Waals surface area contributed by atoms with Gasteiger partial charge in [0.25, 0.3) is 0 Å². The van der Waals surface area contributed by atoms with E-state index in [9.17, 15) is 14.4 Å². The third kappa shape index (κ3) is 64.5. The smallest absolute Gasteiger partial charge is 0.305 e. The van der Waals surface area contributed by atoms with Crippen LogP contribution in [-0.2, 0) is 47.8 Å². The summed E-state index contributed by atoms with van der Waals surface area (Å²) < 4.78 is 26.1. The summed E-state index contributed by atoms with van der Waals surface area (Å²) in [5.41, 5.74) is 0. The Hall–Kier alpha value is -1.55. The fourth-order valence-electron chi connectivity index (χ4n) is 6.39. The van der Waals surface area contributed by atoms with Crippen molar-refractivity contribution >= 4 is 18.5 Å². The molecule has 1 fully saturated rings. The molecule has 1 aliphatic carbocycles. The Bertz CT molecular complexity index is 889. The van der Waals surface area contributed by atoms with Crippen LogP contribution in [0.25, 0.3) is 0 Å². The van der Waals surface area contributed by atoms with Gasteiger partial charge in [-0.15, -0.1) is 0 Å². The summed E-state index contributed by atoms with van der Waals surface area (Å²) in [4.78, 5) is 41.0. The second-order valence-electron chi connectivity index (χ2n) is 16.9. The minimum Gasteiger partial charge on any atom is -0.466 e. The van der Waals surface area contributed by atoms with Gasteiger partial charge in [0.05, 0.1) is 33.0 Å². The highest BCUT2D eigenvalue weighted by Gasteiger charge is 2.13. The third-order valence-corrected chi connectivity index (χ3v) is 10.3. The van der Waals surface area contributed by atoms with Crippen LogP contribution >= 0.6 is 0 Å². The molecule has 3 N–H and O–H groups in total. The molecule has 0 aromatic heterocycles. The number of unbranched alkanes of at least 4 members (excludes halogenated alkanes) is 7. The fourth-order valence-corrected chi connectivity index (χ4v) is 6.39. The first-order valence-corrected chi connectivity index (χ1v) is 25.6. The van der Waals surface area contributed by atoms with Crippen molar-refractivity contribution in [1.29, 1.82) is 0 Å². The number of aliphatic hydroxyl groups excluding tert-OH is 3. The third-order valence-electron chi connectivity index (χ3n) is 10.3. The van der Waals surface area contributed by atoms with Crippen molar-refractivity contribution in [3.8, 4) is 0 Å². The lowest BCUT2D eigenvalue weighted by Crippen LogP contribution is -2.25. The molecule has 0 heterocycles. The number of hydrogen-bond acceptors (Lipinski definition) is 13. The molecule has 0 radical (unpaired) electrons. The van der Waals surface area contributed by atoms with Crippen LogP contribution in [0.2, 0.25) is 0 Å². The van der Waals surface area contributed by atoms with Crippen LogP contribution in [-0.4, -0.2) is 113 Å². The first-order chi connectivity index (χ1) is 31.1. The molecule has 1 rings (SSSR count). The highest BCUT2D eigenvalue weighted by atomic mass is 17.2. The monoisotopic (exact) mass is 957 g/mol. The quantitative estimate of drug-likeness (QED) is 0.0133. The number of carbonyl (C=O) groups is 3. The zero-order valence-corrected chi connectivity index (χ0v) is 42.9. The molecule has 0 aromatic rings. The Morgan fingerprint density at radius 2 is 1.30 bits per heavy atom. The number of aldehydes is 2. The summed E-state index contributed by atoms with van der Waals surface area (Å²) in [6, 6.07) is 0. The molecule has 0 aliphatic heterocycles. The van der Waals surface area contributed by atoms with Crippen LogP contribution in [0.5, 0.6) is 0 Å². The fraction of sp³-hybridized carbons (Fsp3) is 0.943. The number of methoxy groups -OCH3 is 1. The van der Waals surface area contributed by atoms with Gasteiger partial charge in [-0.2, -0.15) is 0 Å². The van der Waals surface area contributed by atoms with E-state index in [0.29, 0.717) is 32.7 Å². The summed E-state index contributed by atoms with van der Waals surface area (Å²) in [7, 11) is 1.60. The van der Waals surface area contributed by atoms with Gasteiger partial charge in [-0.3, -0.25) is 4.79 Å². The zero-order chi connectivity index (χ0) is 48.7. The topological polar surface area (TPSA) is 177 Å². The van der Waals surface area contributed by atoms with Gasteiger partial charge in [0.15, 0.2) is 6.29 Å². The van der Waals surface area contributed by atoms with Gasteiger partial charge in [0.2, 0.25) is 0 Å². The average Bonchev–Trinajstić information content (AvgIpc) is 3.31. The van der Waals surface area contributed by atoms with Crippen molar-refractivity contribution in [2.45, 2.75) is 249 Å². The van der Waals surface area contributed by atoms with E-state index >= 15 is 0 Å². The largest absolute Gasteiger partial charge is 0.466 e. The van der Waals surface area contributed by atoms with E-state index in [2.05, 4.69) is 34.6 Å². The molecule has 1 saturated carbocycles. The Morgan fingerprint density at radius 3 is 1.88 bits per heavy atom. The molecular formula is C53H112O13. The van der Waals surface area contributed by atoms with Crippen LogP contribution < -0.4 is 0 Å². The summed E-state index contributed by atoms with van der Waals surface area (Å²) in [6.07, 6.45) is 27.6. The Labute approximate surface area is 407 Å². The van der Waals surface area contributed by atoms with E-state index in [1.54, 1.807) is 7.11 Å². The number of aliphatic hydroxyl groups is 3. The number of ether oxygens (including phenoxy) is 5. The van der Waals surface area contributed by atoms with Crippen molar-refractivity contribution in [2.24, 2.45) is 17.8 Å². The first-order valence-electron chi connectivity index (χ1n) is 25.6. The van der Waals surface area contributed by atoms with Gasteiger partial charge >= 0.3 is 5.97 Å². The second kappa shape index (κ2) is 65.5. The number of esters is 1. The highest BCUT2D eigenvalue weighted by Crippen LogP contribution is 2.27. The minimum atomic E-state index is -0.813. The lowest BCUT2D eigenvalue weighted by atomic mass is 9.86. The van der Waals surface area contributed by atoms with Crippen molar-refractivity contribution < 1.29 is 63.2 Å². The summed E-state index contributed by atoms with van der Waals surface area (Å²) in [5, 5.41) is 27.0. The van der Waals surface area contributed by atoms with Crippen LogP contribution in [0.1, 0.15) is 231 Å². The molecule has 4 atom stereocenters. The van der Waals surface area contributed by atoms with Crippen LogP contribution in [0.3, 0.4) is 0 Å². The van der Waals surface area contributed by atoms with Gasteiger partial charge < -0.3 is 48.6 Å². The maximum absolute atomic E-state index is 10.9. The van der Waals surface area contributed by atoms with Crippen LogP contribution in [0.4, 0.5) is 0 Å². The van der Waals surface area contributed by atoms with Crippen molar-refractivity contribution in [3.05, 3.63) is 0 Å². The SMILES string of the molecule is C.C.CC.CCCC(C)CCCC(OC)OCC(O)CO.CCCCC(=O)OCCCCC=O.CCCCCOCOC(CO)COOCCCCC(C)C.O=CCCCC1CCCCC1. The maximum atomic E-state index is 10.9. The Balaban J connectivity index is -0.000000182. The molecule has 66 heavy (non-hydrogen) atoms. The Morgan fingerprint density at radius 1 is 0.667 bits per heavy atom. The van der Waals surface area contributed by atoms with Crippen LogP contribution in [0.15, 0.2) is 0 Å². The molecule has 1 aliphatic rings. The molecule has 4 unspecified atom stereocenters. The maximum Gasteiger partial charge on any atom is 0.305 e. The molecule has 13 heteroatoms. The van der Waals surface area contributed by atoms with Gasteiger partial charge in [0.1, 0.15) is 38.2 Å². The predicted octanol–water partition coefficient (Wildman–Crippen LogP) is 12.6. The van der Waals surface area contributed by atoms with Crippen molar-refractivity contribution in [3.63, 3.8) is 0 Å². The lowest BCUT2D eigenvalue weighted by Gasteiger charge is -2.20. The van der Waals surface area contributed by atoms with E-state index in [-0.39, 0.29) is 60.3 Å². The summed E-state index contributed by atoms with van der Waals surface area (Å²) in [6.45, 7) is 19.0. The number of hydrogen-bond donors (Lipinski definition) is 3. The first kappa shape index (κ1) is 75.9. The standard InChI is InChI=1S/C16H34O5.C13H28O4.C10H18O3.C10H18O.C2H6.2CH4/c1-4-5-7-10-18-14-19-16(12-17)13-21-20-11-8-6-9-15(2)3;1-4-6-11(2)7-5-8-13(16-3)17-10-12(15)9-14;1-2-3-7-10(12)13-9-6-4-5-8-11;11-9-5-4-8-10-6-2-1-3-7-10;1-2;;/h15-17H,4-14H2,1-3H3;11-15H,4-10H2,1-3H3;8H,2-7,9H2,1H3;9-10H,1-8H2;1-2H3;2*1H4. The molecule has 0 amide bonds. The molecule has 13 nitrogen and oxygen atoms in total. The van der Waals surface area contributed by atoms with E-state index in [0.717, 1.165) is 107 Å². The van der Waals surface area contributed by atoms with Crippen LogP contribution in [0, 0.1) is 17.8 Å². The predicted molar refractivity (Wildman–Crippen MR) is 272 cm³/mol. The normalized spacial score (nSPS) is 13.8. The van der Waals surface area contributed by atoms with Crippen molar-refractivity contribution in [1.82, 2.24) is 0 Å². The zero-order valence-electron chi connectivity index (χ0n) is 42.9. The van der Waals surface area contributed by atoms with Gasteiger partial charge in [0, 0.05) is 33.0 Å². The highest BCUT2D eigenvalue weighted by molar-refractivity contribution is 5.69. The minimum absolute atomic E-state index is 0. The number of carbonyl (C=O) groups excluding carboxylic acids is 3. The molecule has 0 aromatic carbocycles. The van der Waals surface area contributed by atoms with E-state index in [4.69, 9.17) is 48.8 Å². The van der Waals surface area contributed by atoms with Gasteiger partial charge in [-0.1, -0.05) is 160 Å². The molecule has 0 bridgehead atoms. The molecule has 402 valence electrons. The Kier molecular flexibility index (Phi) is 75.4. The van der Waals surface area contributed by atoms with E-state index < -0.39 is 12.2 Å².